The van der Waals surface area contributed by atoms with Gasteiger partial charge in [-0.25, -0.2) is 0 Å². The summed E-state index contributed by atoms with van der Waals surface area (Å²) in [5.74, 6) is 0.305. The summed E-state index contributed by atoms with van der Waals surface area (Å²) in [6.07, 6.45) is 2.75. The van der Waals surface area contributed by atoms with E-state index in [9.17, 15) is 4.79 Å². The fourth-order valence-electron chi connectivity index (χ4n) is 2.65. The number of morpholine rings is 1. The molecule has 1 aliphatic carbocycles. The Morgan fingerprint density at radius 2 is 1.94 bits per heavy atom. The molecule has 0 atom stereocenters. The van der Waals surface area contributed by atoms with Gasteiger partial charge in [0.05, 0.1) is 13.2 Å². The molecule has 3 nitrogen and oxygen atoms in total. The second kappa shape index (κ2) is 4.49. The third kappa shape index (κ3) is 2.07. The van der Waals surface area contributed by atoms with E-state index in [1.165, 1.54) is 11.3 Å². The lowest BCUT2D eigenvalue weighted by atomic mass is 9.90. The molecule has 90 valence electrons. The number of fused-ring (bicyclic) bond motifs is 1. The molecule has 1 aromatic rings. The van der Waals surface area contributed by atoms with Crippen LogP contribution in [0, 0.1) is 0 Å². The number of carbonyl (C=O) groups is 1. The van der Waals surface area contributed by atoms with Crippen LogP contribution < -0.4 is 4.90 Å². The average molecular weight is 231 g/mol. The summed E-state index contributed by atoms with van der Waals surface area (Å²) in [6, 6.07) is 6.27. The molecule has 3 heteroatoms. The molecule has 1 fully saturated rings. The molecular weight excluding hydrogens is 214 g/mol. The Hall–Kier alpha value is -1.35. The molecule has 1 aliphatic heterocycles. The first kappa shape index (κ1) is 10.8. The molecule has 0 bridgehead atoms. The van der Waals surface area contributed by atoms with Gasteiger partial charge < -0.3 is 9.64 Å². The fraction of sp³-hybridized carbons (Fsp3) is 0.500. The number of ether oxygens (including phenoxy) is 1. The number of carbonyl (C=O) groups excluding carboxylic acids is 1. The highest BCUT2D eigenvalue weighted by Crippen LogP contribution is 2.26. The number of anilines is 1. The number of aryl methyl sites for hydroxylation is 1. The predicted molar refractivity (Wildman–Crippen MR) is 66.7 cm³/mol. The Balaban J connectivity index is 1.89. The third-order valence-corrected chi connectivity index (χ3v) is 3.62. The highest BCUT2D eigenvalue weighted by molar-refractivity contribution is 5.98. The summed E-state index contributed by atoms with van der Waals surface area (Å²) in [4.78, 5) is 14.1. The Bertz CT molecular complexity index is 436. The van der Waals surface area contributed by atoms with E-state index in [4.69, 9.17) is 4.74 Å². The van der Waals surface area contributed by atoms with Crippen LogP contribution in [0.1, 0.15) is 28.8 Å². The van der Waals surface area contributed by atoms with Crippen molar-refractivity contribution >= 4 is 11.5 Å². The Morgan fingerprint density at radius 1 is 1.12 bits per heavy atom. The van der Waals surface area contributed by atoms with Gasteiger partial charge in [-0.2, -0.15) is 0 Å². The van der Waals surface area contributed by atoms with Crippen molar-refractivity contribution in [2.75, 3.05) is 31.2 Å². The second-order valence-corrected chi connectivity index (χ2v) is 4.72. The maximum Gasteiger partial charge on any atom is 0.163 e. The van der Waals surface area contributed by atoms with E-state index in [1.807, 2.05) is 6.07 Å². The van der Waals surface area contributed by atoms with E-state index < -0.39 is 0 Å². The number of hydrogen-bond acceptors (Lipinski definition) is 3. The summed E-state index contributed by atoms with van der Waals surface area (Å²) in [5.41, 5.74) is 3.40. The van der Waals surface area contributed by atoms with Gasteiger partial charge in [0.25, 0.3) is 0 Å². The predicted octanol–water partition coefficient (Wildman–Crippen LogP) is 2.04. The van der Waals surface area contributed by atoms with Gasteiger partial charge >= 0.3 is 0 Å². The van der Waals surface area contributed by atoms with Gasteiger partial charge in [-0.05, 0) is 36.6 Å². The van der Waals surface area contributed by atoms with E-state index in [1.54, 1.807) is 0 Å². The molecule has 0 unspecified atom stereocenters. The molecule has 0 amide bonds. The van der Waals surface area contributed by atoms with Crippen LogP contribution in [0.25, 0.3) is 0 Å². The van der Waals surface area contributed by atoms with Crippen molar-refractivity contribution in [2.24, 2.45) is 0 Å². The minimum absolute atomic E-state index is 0.305. The summed E-state index contributed by atoms with van der Waals surface area (Å²) >= 11 is 0. The maximum absolute atomic E-state index is 11.7. The lowest BCUT2D eigenvalue weighted by Crippen LogP contribution is -2.36. The summed E-state index contributed by atoms with van der Waals surface area (Å²) in [6.45, 7) is 3.51. The number of Topliss-reactive ketones (excluding diaryl/α,β-unsaturated/α-hetero) is 1. The maximum atomic E-state index is 11.7. The first-order chi connectivity index (χ1) is 8.34. The second-order valence-electron chi connectivity index (χ2n) is 4.72. The van der Waals surface area contributed by atoms with E-state index in [0.717, 1.165) is 44.7 Å². The quantitative estimate of drug-likeness (QED) is 0.740. The van der Waals surface area contributed by atoms with Crippen LogP contribution in [0.5, 0.6) is 0 Å². The molecular formula is C14H17NO2. The topological polar surface area (TPSA) is 29.5 Å². The monoisotopic (exact) mass is 231 g/mol. The highest BCUT2D eigenvalue weighted by Gasteiger charge is 2.19. The minimum atomic E-state index is 0.305. The largest absolute Gasteiger partial charge is 0.378 e. The van der Waals surface area contributed by atoms with Crippen molar-refractivity contribution in [1.82, 2.24) is 0 Å². The number of ketones is 1. The number of rotatable bonds is 1. The number of hydrogen-bond donors (Lipinski definition) is 0. The van der Waals surface area contributed by atoms with E-state index >= 15 is 0 Å². The van der Waals surface area contributed by atoms with E-state index in [0.29, 0.717) is 12.2 Å². The molecule has 0 spiro atoms. The van der Waals surface area contributed by atoms with Crippen molar-refractivity contribution in [1.29, 1.82) is 0 Å². The van der Waals surface area contributed by atoms with Gasteiger partial charge in [0.1, 0.15) is 0 Å². The zero-order valence-corrected chi connectivity index (χ0v) is 9.95. The molecule has 0 aromatic heterocycles. The normalized spacial score (nSPS) is 20.2. The van der Waals surface area contributed by atoms with Crippen molar-refractivity contribution < 1.29 is 9.53 Å². The van der Waals surface area contributed by atoms with Crippen molar-refractivity contribution in [3.05, 3.63) is 29.3 Å². The van der Waals surface area contributed by atoms with Crippen molar-refractivity contribution in [3.8, 4) is 0 Å². The summed E-state index contributed by atoms with van der Waals surface area (Å²) in [7, 11) is 0. The van der Waals surface area contributed by atoms with Crippen LogP contribution in [0.4, 0.5) is 5.69 Å². The Morgan fingerprint density at radius 3 is 2.76 bits per heavy atom. The molecule has 17 heavy (non-hydrogen) atoms. The highest BCUT2D eigenvalue weighted by atomic mass is 16.5. The minimum Gasteiger partial charge on any atom is -0.378 e. The fourth-order valence-corrected chi connectivity index (χ4v) is 2.65. The number of benzene rings is 1. The zero-order chi connectivity index (χ0) is 11.7. The molecule has 0 N–H and O–H groups in total. The number of nitrogens with zero attached hydrogens (tertiary/aromatic N) is 1. The summed E-state index contributed by atoms with van der Waals surface area (Å²) < 4.78 is 5.36. The molecule has 3 rings (SSSR count). The first-order valence-electron chi connectivity index (χ1n) is 6.33. The lowest BCUT2D eigenvalue weighted by molar-refractivity contribution is 0.0972. The SMILES string of the molecule is O=C1CCCc2cc(N3CCOCC3)ccc21. The van der Waals surface area contributed by atoms with Crippen LogP contribution in [0.3, 0.4) is 0 Å². The Labute approximate surface area is 101 Å². The molecule has 1 aromatic carbocycles. The first-order valence-corrected chi connectivity index (χ1v) is 6.33. The molecule has 1 heterocycles. The average Bonchev–Trinajstić information content (AvgIpc) is 2.40. The third-order valence-electron chi connectivity index (χ3n) is 3.62. The van der Waals surface area contributed by atoms with Crippen molar-refractivity contribution in [3.63, 3.8) is 0 Å². The van der Waals surface area contributed by atoms with Gasteiger partial charge in [0, 0.05) is 30.8 Å². The van der Waals surface area contributed by atoms with Crippen LogP contribution in [0.2, 0.25) is 0 Å². The van der Waals surface area contributed by atoms with Gasteiger partial charge in [-0.1, -0.05) is 0 Å². The van der Waals surface area contributed by atoms with Crippen LogP contribution in [0.15, 0.2) is 18.2 Å². The molecule has 1 saturated heterocycles. The Kier molecular flexibility index (Phi) is 2.85. The van der Waals surface area contributed by atoms with Gasteiger partial charge in [0.15, 0.2) is 5.78 Å². The molecule has 0 saturated carbocycles. The lowest BCUT2D eigenvalue weighted by Gasteiger charge is -2.30. The van der Waals surface area contributed by atoms with Crippen LogP contribution in [-0.4, -0.2) is 32.1 Å². The van der Waals surface area contributed by atoms with Crippen LogP contribution in [-0.2, 0) is 11.2 Å². The zero-order valence-electron chi connectivity index (χ0n) is 9.95. The van der Waals surface area contributed by atoms with Crippen molar-refractivity contribution in [2.45, 2.75) is 19.3 Å². The van der Waals surface area contributed by atoms with E-state index in [2.05, 4.69) is 17.0 Å². The van der Waals surface area contributed by atoms with E-state index in [-0.39, 0.29) is 0 Å². The molecule has 2 aliphatic rings. The van der Waals surface area contributed by atoms with Gasteiger partial charge in [0.2, 0.25) is 0 Å². The van der Waals surface area contributed by atoms with Crippen LogP contribution >= 0.6 is 0 Å². The standard InChI is InChI=1S/C14H17NO2/c16-14-3-1-2-11-10-12(4-5-13(11)14)15-6-8-17-9-7-15/h4-5,10H,1-3,6-9H2. The molecule has 0 radical (unpaired) electrons. The summed E-state index contributed by atoms with van der Waals surface area (Å²) in [5, 5.41) is 0. The van der Waals surface area contributed by atoms with Gasteiger partial charge in [-0.15, -0.1) is 0 Å². The smallest absolute Gasteiger partial charge is 0.163 e. The van der Waals surface area contributed by atoms with Gasteiger partial charge in [-0.3, -0.25) is 4.79 Å².